The molecule has 1 aliphatic rings. The molecule has 1 aliphatic heterocycles. The van der Waals surface area contributed by atoms with Gasteiger partial charge in [0, 0.05) is 12.6 Å². The van der Waals surface area contributed by atoms with Crippen molar-refractivity contribution in [2.75, 3.05) is 26.7 Å². The summed E-state index contributed by atoms with van der Waals surface area (Å²) in [5.41, 5.74) is 1.47. The van der Waals surface area contributed by atoms with Crippen molar-refractivity contribution in [3.8, 4) is 0 Å². The van der Waals surface area contributed by atoms with Crippen molar-refractivity contribution < 1.29 is 0 Å². The molecule has 0 radical (unpaired) electrons. The smallest absolute Gasteiger partial charge is 0.0207 e. The molecular weight excluding hydrogens is 192 g/mol. The van der Waals surface area contributed by atoms with Crippen LogP contribution in [-0.2, 0) is 6.42 Å². The molecule has 1 N–H and O–H groups in total. The van der Waals surface area contributed by atoms with E-state index in [1.165, 1.54) is 31.5 Å². The van der Waals surface area contributed by atoms with E-state index in [1.807, 2.05) is 0 Å². The lowest BCUT2D eigenvalue weighted by Gasteiger charge is -2.11. The number of nitrogens with one attached hydrogen (secondary N) is 1. The summed E-state index contributed by atoms with van der Waals surface area (Å²) in [5, 5.41) is 8.00. The summed E-state index contributed by atoms with van der Waals surface area (Å²) in [7, 11) is 2.19. The molecule has 2 nitrogen and oxygen atoms in total. The Bertz CT molecular complexity index is 258. The van der Waals surface area contributed by atoms with Crippen molar-refractivity contribution >= 4 is 11.3 Å². The zero-order valence-corrected chi connectivity index (χ0v) is 9.52. The Morgan fingerprint density at radius 1 is 1.64 bits per heavy atom. The second-order valence-electron chi connectivity index (χ2n) is 4.08. The van der Waals surface area contributed by atoms with Crippen LogP contribution in [0.4, 0.5) is 0 Å². The third-order valence-corrected chi connectivity index (χ3v) is 3.55. The fourth-order valence-corrected chi connectivity index (χ4v) is 2.66. The van der Waals surface area contributed by atoms with E-state index in [1.54, 1.807) is 11.3 Å². The first-order valence-electron chi connectivity index (χ1n) is 5.27. The first-order valence-corrected chi connectivity index (χ1v) is 6.22. The maximum absolute atomic E-state index is 3.61. The van der Waals surface area contributed by atoms with Gasteiger partial charge in [-0.05, 0) is 55.4 Å². The van der Waals surface area contributed by atoms with Crippen LogP contribution in [0.15, 0.2) is 16.8 Å². The van der Waals surface area contributed by atoms with Gasteiger partial charge in [-0.15, -0.1) is 0 Å². The minimum atomic E-state index is 0.721. The quantitative estimate of drug-likeness (QED) is 0.812. The molecule has 2 heterocycles. The highest BCUT2D eigenvalue weighted by atomic mass is 32.1. The molecule has 1 aromatic heterocycles. The number of thiophene rings is 1. The number of likely N-dealkylation sites (tertiary alicyclic amines) is 1. The monoisotopic (exact) mass is 210 g/mol. The highest BCUT2D eigenvalue weighted by Crippen LogP contribution is 2.08. The van der Waals surface area contributed by atoms with Gasteiger partial charge in [0.25, 0.3) is 0 Å². The van der Waals surface area contributed by atoms with E-state index in [0.29, 0.717) is 0 Å². The van der Waals surface area contributed by atoms with E-state index in [0.717, 1.165) is 12.6 Å². The lowest BCUT2D eigenvalue weighted by Crippen LogP contribution is -2.32. The zero-order chi connectivity index (χ0) is 9.80. The average Bonchev–Trinajstić information content (AvgIpc) is 2.77. The molecule has 78 valence electrons. The summed E-state index contributed by atoms with van der Waals surface area (Å²) in [6.07, 6.45) is 2.48. The van der Waals surface area contributed by atoms with Gasteiger partial charge in [-0.2, -0.15) is 11.3 Å². The summed E-state index contributed by atoms with van der Waals surface area (Å²) >= 11 is 1.79. The Kier molecular flexibility index (Phi) is 3.56. The van der Waals surface area contributed by atoms with E-state index in [9.17, 15) is 0 Å². The van der Waals surface area contributed by atoms with Gasteiger partial charge in [0.05, 0.1) is 0 Å². The molecular formula is C11H18N2S. The molecule has 0 bridgehead atoms. The molecule has 0 saturated carbocycles. The Hall–Kier alpha value is -0.380. The van der Waals surface area contributed by atoms with Crippen molar-refractivity contribution in [3.05, 3.63) is 22.4 Å². The van der Waals surface area contributed by atoms with Crippen LogP contribution in [0.1, 0.15) is 12.0 Å². The molecule has 0 aliphatic carbocycles. The second kappa shape index (κ2) is 4.91. The minimum Gasteiger partial charge on any atom is -0.312 e. The predicted molar refractivity (Wildman–Crippen MR) is 61.9 cm³/mol. The second-order valence-corrected chi connectivity index (χ2v) is 4.86. The van der Waals surface area contributed by atoms with Gasteiger partial charge >= 0.3 is 0 Å². The molecule has 2 rings (SSSR count). The third kappa shape index (κ3) is 2.80. The van der Waals surface area contributed by atoms with E-state index in [4.69, 9.17) is 0 Å². The summed E-state index contributed by atoms with van der Waals surface area (Å²) in [6.45, 7) is 3.58. The first-order chi connectivity index (χ1) is 6.84. The van der Waals surface area contributed by atoms with Crippen LogP contribution >= 0.6 is 11.3 Å². The molecule has 1 aromatic rings. The highest BCUT2D eigenvalue weighted by molar-refractivity contribution is 7.07. The number of likely N-dealkylation sites (N-methyl/N-ethyl adjacent to an activating group) is 1. The molecule has 14 heavy (non-hydrogen) atoms. The van der Waals surface area contributed by atoms with Crippen molar-refractivity contribution in [3.63, 3.8) is 0 Å². The number of rotatable bonds is 4. The Labute approximate surface area is 89.9 Å². The van der Waals surface area contributed by atoms with Gasteiger partial charge in [-0.3, -0.25) is 0 Å². The summed E-state index contributed by atoms with van der Waals surface area (Å²) < 4.78 is 0. The van der Waals surface area contributed by atoms with Gasteiger partial charge in [-0.25, -0.2) is 0 Å². The molecule has 1 saturated heterocycles. The van der Waals surface area contributed by atoms with Gasteiger partial charge in [-0.1, -0.05) is 0 Å². The summed E-state index contributed by atoms with van der Waals surface area (Å²) in [4.78, 5) is 2.39. The SMILES string of the molecule is CN1CCC(NCCc2ccsc2)C1. The lowest BCUT2D eigenvalue weighted by atomic mass is 10.2. The van der Waals surface area contributed by atoms with Gasteiger partial charge in [0.15, 0.2) is 0 Å². The average molecular weight is 210 g/mol. The molecule has 3 heteroatoms. The van der Waals surface area contributed by atoms with Crippen molar-refractivity contribution in [2.24, 2.45) is 0 Å². The Morgan fingerprint density at radius 3 is 3.21 bits per heavy atom. The van der Waals surface area contributed by atoms with Gasteiger partial charge in [0.1, 0.15) is 0 Å². The molecule has 0 aromatic carbocycles. The lowest BCUT2D eigenvalue weighted by molar-refractivity contribution is 0.398. The van der Waals surface area contributed by atoms with Crippen LogP contribution in [0.25, 0.3) is 0 Å². The van der Waals surface area contributed by atoms with Crippen LogP contribution < -0.4 is 5.32 Å². The predicted octanol–water partition coefficient (Wildman–Crippen LogP) is 1.58. The van der Waals surface area contributed by atoms with Crippen molar-refractivity contribution in [1.29, 1.82) is 0 Å². The van der Waals surface area contributed by atoms with Gasteiger partial charge in [0.2, 0.25) is 0 Å². The van der Waals surface area contributed by atoms with Crippen LogP contribution in [0, 0.1) is 0 Å². The highest BCUT2D eigenvalue weighted by Gasteiger charge is 2.17. The standard InChI is InChI=1S/C11H18N2S/c1-13-6-3-11(8-13)12-5-2-10-4-7-14-9-10/h4,7,9,11-12H,2-3,5-6,8H2,1H3. The molecule has 1 fully saturated rings. The zero-order valence-electron chi connectivity index (χ0n) is 8.70. The van der Waals surface area contributed by atoms with Crippen LogP contribution in [0.2, 0.25) is 0 Å². The summed E-state index contributed by atoms with van der Waals surface area (Å²) in [6, 6.07) is 2.94. The van der Waals surface area contributed by atoms with Crippen molar-refractivity contribution in [2.45, 2.75) is 18.9 Å². The van der Waals surface area contributed by atoms with E-state index >= 15 is 0 Å². The van der Waals surface area contributed by atoms with E-state index in [2.05, 4.69) is 34.1 Å². The molecule has 1 unspecified atom stereocenters. The number of hydrogen-bond donors (Lipinski definition) is 1. The maximum Gasteiger partial charge on any atom is 0.0207 e. The Morgan fingerprint density at radius 2 is 2.57 bits per heavy atom. The van der Waals surface area contributed by atoms with Crippen LogP contribution in [0.5, 0.6) is 0 Å². The normalized spacial score (nSPS) is 23.1. The Balaban J connectivity index is 1.64. The van der Waals surface area contributed by atoms with E-state index in [-0.39, 0.29) is 0 Å². The molecule has 0 spiro atoms. The molecule has 0 amide bonds. The topological polar surface area (TPSA) is 15.3 Å². The van der Waals surface area contributed by atoms with Crippen molar-refractivity contribution in [1.82, 2.24) is 10.2 Å². The fraction of sp³-hybridized carbons (Fsp3) is 0.636. The van der Waals surface area contributed by atoms with Gasteiger partial charge < -0.3 is 10.2 Å². The largest absolute Gasteiger partial charge is 0.312 e. The summed E-state index contributed by atoms with van der Waals surface area (Å²) in [5.74, 6) is 0. The maximum atomic E-state index is 3.61. The third-order valence-electron chi connectivity index (χ3n) is 2.82. The molecule has 1 atom stereocenters. The number of nitrogens with zero attached hydrogens (tertiary/aromatic N) is 1. The minimum absolute atomic E-state index is 0.721. The fourth-order valence-electron chi connectivity index (χ4n) is 1.96. The van der Waals surface area contributed by atoms with Crippen LogP contribution in [-0.4, -0.2) is 37.6 Å². The van der Waals surface area contributed by atoms with Crippen LogP contribution in [0.3, 0.4) is 0 Å². The first kappa shape index (κ1) is 10.1. The number of hydrogen-bond acceptors (Lipinski definition) is 3. The van der Waals surface area contributed by atoms with E-state index < -0.39 is 0 Å².